The monoisotopic (exact) mass is 271 g/mol. The maximum atomic E-state index is 13.7. The lowest BCUT2D eigenvalue weighted by Crippen LogP contribution is -1.89. The molecule has 2 nitrogen and oxygen atoms in total. The van der Waals surface area contributed by atoms with Crippen LogP contribution in [0.1, 0.15) is 17.5 Å². The summed E-state index contributed by atoms with van der Waals surface area (Å²) in [6, 6.07) is 4.51. The summed E-state index contributed by atoms with van der Waals surface area (Å²) in [4.78, 5) is 5.23. The summed E-state index contributed by atoms with van der Waals surface area (Å²) < 4.78 is 13.7. The quantitative estimate of drug-likeness (QED) is 0.924. The Hall–Kier alpha value is -0.970. The van der Waals surface area contributed by atoms with Gasteiger partial charge < -0.3 is 5.11 Å². The van der Waals surface area contributed by atoms with E-state index >= 15 is 0 Å². The van der Waals surface area contributed by atoms with Crippen molar-refractivity contribution < 1.29 is 9.50 Å². The van der Waals surface area contributed by atoms with Crippen LogP contribution in [-0.4, -0.2) is 10.1 Å². The highest BCUT2D eigenvalue weighted by Gasteiger charge is 2.13. The van der Waals surface area contributed by atoms with Gasteiger partial charge in [-0.25, -0.2) is 9.37 Å². The minimum absolute atomic E-state index is 0.116. The van der Waals surface area contributed by atoms with Gasteiger partial charge in [0.15, 0.2) is 0 Å². The van der Waals surface area contributed by atoms with Crippen molar-refractivity contribution in [2.24, 2.45) is 0 Å². The number of benzene rings is 1. The zero-order valence-corrected chi connectivity index (χ0v) is 10.8. The van der Waals surface area contributed by atoms with Crippen LogP contribution in [0.5, 0.6) is 0 Å². The van der Waals surface area contributed by atoms with Gasteiger partial charge in [0.2, 0.25) is 0 Å². The second-order valence-electron chi connectivity index (χ2n) is 3.52. The zero-order valence-electron chi connectivity index (χ0n) is 9.20. The fourth-order valence-electron chi connectivity index (χ4n) is 1.56. The van der Waals surface area contributed by atoms with Crippen LogP contribution in [0, 0.1) is 5.82 Å². The molecule has 0 unspecified atom stereocenters. The molecule has 1 N–H and O–H groups in total. The predicted molar refractivity (Wildman–Crippen MR) is 67.8 cm³/mol. The topological polar surface area (TPSA) is 33.1 Å². The first kappa shape index (κ1) is 12.5. The van der Waals surface area contributed by atoms with Crippen LogP contribution in [-0.2, 0) is 13.0 Å². The maximum Gasteiger partial charge on any atom is 0.134 e. The fourth-order valence-corrected chi connectivity index (χ4v) is 2.76. The van der Waals surface area contributed by atoms with Crippen LogP contribution >= 0.6 is 22.9 Å². The third-order valence-corrected chi connectivity index (χ3v) is 3.92. The third-order valence-electron chi connectivity index (χ3n) is 2.41. The van der Waals surface area contributed by atoms with Crippen LogP contribution in [0.2, 0.25) is 5.02 Å². The summed E-state index contributed by atoms with van der Waals surface area (Å²) in [5.74, 6) is -0.390. The summed E-state index contributed by atoms with van der Waals surface area (Å²) in [6.45, 7) is 1.86. The summed E-state index contributed by atoms with van der Waals surface area (Å²) in [6.07, 6.45) is 0.781. The first-order valence-corrected chi connectivity index (χ1v) is 6.40. The second-order valence-corrected chi connectivity index (χ2v) is 5.04. The van der Waals surface area contributed by atoms with E-state index in [0.29, 0.717) is 21.3 Å². The van der Waals surface area contributed by atoms with Crippen molar-refractivity contribution in [1.82, 2.24) is 4.98 Å². The van der Waals surface area contributed by atoms with Crippen LogP contribution in [0.15, 0.2) is 18.2 Å². The number of hydrogen-bond acceptors (Lipinski definition) is 3. The summed E-state index contributed by atoms with van der Waals surface area (Å²) in [5, 5.41) is 10.1. The standard InChI is InChI=1S/C12H11ClFNOS/c1-2-11-10(6-16)15-12(17-11)8-4-3-7(13)5-9(8)14/h3-5,16H,2,6H2,1H3. The molecule has 0 radical (unpaired) electrons. The molecular formula is C12H11ClFNOS. The Kier molecular flexibility index (Phi) is 3.76. The number of aliphatic hydroxyl groups excluding tert-OH is 1. The minimum atomic E-state index is -0.390. The molecule has 2 rings (SSSR count). The Morgan fingerprint density at radius 1 is 1.47 bits per heavy atom. The fraction of sp³-hybridized carbons (Fsp3) is 0.250. The van der Waals surface area contributed by atoms with Crippen molar-refractivity contribution in [2.75, 3.05) is 0 Å². The van der Waals surface area contributed by atoms with Gasteiger partial charge in [-0.3, -0.25) is 0 Å². The largest absolute Gasteiger partial charge is 0.390 e. The molecule has 0 saturated carbocycles. The Labute approximate surface area is 108 Å². The molecule has 0 saturated heterocycles. The van der Waals surface area contributed by atoms with Gasteiger partial charge in [0.25, 0.3) is 0 Å². The number of nitrogens with zero attached hydrogens (tertiary/aromatic N) is 1. The summed E-state index contributed by atoms with van der Waals surface area (Å²) >= 11 is 7.10. The molecule has 90 valence electrons. The van der Waals surface area contributed by atoms with E-state index in [1.165, 1.54) is 17.4 Å². The highest BCUT2D eigenvalue weighted by molar-refractivity contribution is 7.15. The molecule has 0 aliphatic carbocycles. The van der Waals surface area contributed by atoms with Gasteiger partial charge >= 0.3 is 0 Å². The number of thiazole rings is 1. The van der Waals surface area contributed by atoms with Crippen LogP contribution in [0.4, 0.5) is 4.39 Å². The van der Waals surface area contributed by atoms with Crippen LogP contribution in [0.25, 0.3) is 10.6 Å². The Bertz CT molecular complexity index is 520. The molecule has 0 atom stereocenters. The maximum absolute atomic E-state index is 13.7. The first-order chi connectivity index (χ1) is 8.15. The van der Waals surface area contributed by atoms with Gasteiger partial charge in [0.1, 0.15) is 10.8 Å². The van der Waals surface area contributed by atoms with Crippen molar-refractivity contribution in [3.63, 3.8) is 0 Å². The van der Waals surface area contributed by atoms with Crippen molar-refractivity contribution in [2.45, 2.75) is 20.0 Å². The molecular weight excluding hydrogens is 261 g/mol. The van der Waals surface area contributed by atoms with E-state index in [9.17, 15) is 4.39 Å². The van der Waals surface area contributed by atoms with E-state index < -0.39 is 5.82 Å². The lowest BCUT2D eigenvalue weighted by atomic mass is 10.2. The molecule has 0 amide bonds. The molecule has 17 heavy (non-hydrogen) atoms. The van der Waals surface area contributed by atoms with Crippen LogP contribution in [0.3, 0.4) is 0 Å². The lowest BCUT2D eigenvalue weighted by molar-refractivity contribution is 0.276. The van der Waals surface area contributed by atoms with Gasteiger partial charge in [-0.05, 0) is 24.6 Å². The molecule has 0 fully saturated rings. The number of rotatable bonds is 3. The number of aromatic nitrogens is 1. The Morgan fingerprint density at radius 2 is 2.24 bits per heavy atom. The van der Waals surface area contributed by atoms with E-state index in [1.54, 1.807) is 12.1 Å². The molecule has 2 aromatic rings. The van der Waals surface area contributed by atoms with Gasteiger partial charge in [-0.1, -0.05) is 18.5 Å². The highest BCUT2D eigenvalue weighted by Crippen LogP contribution is 2.31. The van der Waals surface area contributed by atoms with Crippen molar-refractivity contribution in [3.8, 4) is 10.6 Å². The van der Waals surface area contributed by atoms with Gasteiger partial charge in [-0.2, -0.15) is 0 Å². The first-order valence-electron chi connectivity index (χ1n) is 5.20. The number of halogens is 2. The average molecular weight is 272 g/mol. The third kappa shape index (κ3) is 2.49. The van der Waals surface area contributed by atoms with Crippen LogP contribution < -0.4 is 0 Å². The zero-order chi connectivity index (χ0) is 12.4. The SMILES string of the molecule is CCc1sc(-c2ccc(Cl)cc2F)nc1CO. The van der Waals surface area contributed by atoms with Gasteiger partial charge in [-0.15, -0.1) is 11.3 Å². The van der Waals surface area contributed by atoms with E-state index in [-0.39, 0.29) is 6.61 Å². The minimum Gasteiger partial charge on any atom is -0.390 e. The summed E-state index contributed by atoms with van der Waals surface area (Å²) in [7, 11) is 0. The van der Waals surface area contributed by atoms with Crippen molar-refractivity contribution in [1.29, 1.82) is 0 Å². The van der Waals surface area contributed by atoms with E-state index in [1.807, 2.05) is 6.92 Å². The van der Waals surface area contributed by atoms with Crippen molar-refractivity contribution >= 4 is 22.9 Å². The average Bonchev–Trinajstić information content (AvgIpc) is 2.72. The molecule has 0 aliphatic heterocycles. The molecule has 5 heteroatoms. The normalized spacial score (nSPS) is 10.8. The van der Waals surface area contributed by atoms with Gasteiger partial charge in [0.05, 0.1) is 12.3 Å². The Balaban J connectivity index is 2.49. The molecule has 0 bridgehead atoms. The molecule has 0 aliphatic rings. The van der Waals surface area contributed by atoms with Gasteiger partial charge in [0, 0.05) is 15.5 Å². The van der Waals surface area contributed by atoms with E-state index in [2.05, 4.69) is 4.98 Å². The molecule has 1 aromatic heterocycles. The number of aliphatic hydroxyl groups is 1. The highest BCUT2D eigenvalue weighted by atomic mass is 35.5. The van der Waals surface area contributed by atoms with E-state index in [0.717, 1.165) is 11.3 Å². The number of hydrogen-bond donors (Lipinski definition) is 1. The smallest absolute Gasteiger partial charge is 0.134 e. The number of aryl methyl sites for hydroxylation is 1. The second kappa shape index (κ2) is 5.12. The van der Waals surface area contributed by atoms with E-state index in [4.69, 9.17) is 16.7 Å². The summed E-state index contributed by atoms with van der Waals surface area (Å²) in [5.41, 5.74) is 1.05. The molecule has 1 aromatic carbocycles. The molecule has 1 heterocycles. The van der Waals surface area contributed by atoms with Crippen molar-refractivity contribution in [3.05, 3.63) is 39.6 Å². The predicted octanol–water partition coefficient (Wildman–Crippen LogP) is 3.66. The Morgan fingerprint density at radius 3 is 2.76 bits per heavy atom. The molecule has 0 spiro atoms. The lowest BCUT2D eigenvalue weighted by Gasteiger charge is -1.98.